The zero-order valence-corrected chi connectivity index (χ0v) is 14.5. The zero-order valence-electron chi connectivity index (χ0n) is 14.5. The number of amides is 1. The minimum Gasteiger partial charge on any atom is -0.378 e. The van der Waals surface area contributed by atoms with Crippen LogP contribution in [0.5, 0.6) is 0 Å². The highest BCUT2D eigenvalue weighted by Gasteiger charge is 2.16. The molecule has 1 aromatic carbocycles. The highest BCUT2D eigenvalue weighted by molar-refractivity contribution is 5.94. The molecule has 0 radical (unpaired) electrons. The predicted molar refractivity (Wildman–Crippen MR) is 97.0 cm³/mol. The summed E-state index contributed by atoms with van der Waals surface area (Å²) in [6.07, 6.45) is 8.03. The van der Waals surface area contributed by atoms with E-state index in [0.717, 1.165) is 50.0 Å². The Morgan fingerprint density at radius 2 is 1.96 bits per heavy atom. The quantitative estimate of drug-likeness (QED) is 0.874. The van der Waals surface area contributed by atoms with Crippen LogP contribution >= 0.6 is 0 Å². The SMILES string of the molecule is CN(CCC[C@H]1CCCO1)C(=O)c1ccc(-c2cnc(N)nc2)cc1. The summed E-state index contributed by atoms with van der Waals surface area (Å²) in [5.41, 5.74) is 8.01. The molecule has 6 nitrogen and oxygen atoms in total. The van der Waals surface area contributed by atoms with Gasteiger partial charge >= 0.3 is 0 Å². The Kier molecular flexibility index (Phi) is 5.60. The van der Waals surface area contributed by atoms with Gasteiger partial charge in [-0.05, 0) is 43.4 Å². The Morgan fingerprint density at radius 1 is 1.24 bits per heavy atom. The van der Waals surface area contributed by atoms with Crippen LogP contribution in [0, 0.1) is 0 Å². The Hall–Kier alpha value is -2.47. The van der Waals surface area contributed by atoms with E-state index >= 15 is 0 Å². The normalized spacial score (nSPS) is 16.8. The molecular formula is C19H24N4O2. The van der Waals surface area contributed by atoms with Crippen molar-refractivity contribution < 1.29 is 9.53 Å². The second-order valence-corrected chi connectivity index (χ2v) is 6.41. The Labute approximate surface area is 148 Å². The maximum absolute atomic E-state index is 12.5. The molecule has 0 bridgehead atoms. The van der Waals surface area contributed by atoms with Crippen molar-refractivity contribution in [1.82, 2.24) is 14.9 Å². The number of nitrogen functional groups attached to an aromatic ring is 1. The van der Waals surface area contributed by atoms with Crippen LogP contribution < -0.4 is 5.73 Å². The lowest BCUT2D eigenvalue weighted by Crippen LogP contribution is -2.28. The number of nitrogens with two attached hydrogens (primary N) is 1. The summed E-state index contributed by atoms with van der Waals surface area (Å²) in [5.74, 6) is 0.285. The summed E-state index contributed by atoms with van der Waals surface area (Å²) in [6.45, 7) is 1.62. The lowest BCUT2D eigenvalue weighted by Gasteiger charge is -2.18. The van der Waals surface area contributed by atoms with Gasteiger partial charge in [-0.15, -0.1) is 0 Å². The van der Waals surface area contributed by atoms with Crippen LogP contribution in [-0.2, 0) is 4.74 Å². The largest absolute Gasteiger partial charge is 0.378 e. The van der Waals surface area contributed by atoms with Crippen LogP contribution in [0.25, 0.3) is 11.1 Å². The highest BCUT2D eigenvalue weighted by atomic mass is 16.5. The molecule has 2 heterocycles. The molecule has 1 atom stereocenters. The number of benzene rings is 1. The average Bonchev–Trinajstić information content (AvgIpc) is 3.15. The minimum atomic E-state index is 0.0347. The zero-order chi connectivity index (χ0) is 17.6. The number of nitrogens with zero attached hydrogens (tertiary/aromatic N) is 3. The monoisotopic (exact) mass is 340 g/mol. The standard InChI is InChI=1S/C19H24N4O2/c1-23(10-2-4-17-5-3-11-25-17)18(24)15-8-6-14(7-9-15)16-12-21-19(20)22-13-16/h6-9,12-13,17H,2-5,10-11H2,1H3,(H2,20,21,22)/t17-/m0/s1. The fraction of sp³-hybridized carbons (Fsp3) is 0.421. The molecule has 3 rings (SSSR count). The van der Waals surface area contributed by atoms with Crippen molar-refractivity contribution in [3.63, 3.8) is 0 Å². The summed E-state index contributed by atoms with van der Waals surface area (Å²) < 4.78 is 5.62. The van der Waals surface area contributed by atoms with Crippen LogP contribution in [0.4, 0.5) is 5.95 Å². The predicted octanol–water partition coefficient (Wildman–Crippen LogP) is 2.76. The van der Waals surface area contributed by atoms with Gasteiger partial charge in [-0.3, -0.25) is 4.79 Å². The van der Waals surface area contributed by atoms with E-state index in [2.05, 4.69) is 9.97 Å². The van der Waals surface area contributed by atoms with Gasteiger partial charge in [0.25, 0.3) is 5.91 Å². The summed E-state index contributed by atoms with van der Waals surface area (Å²) >= 11 is 0. The number of anilines is 1. The van der Waals surface area contributed by atoms with Gasteiger partial charge < -0.3 is 15.4 Å². The van der Waals surface area contributed by atoms with Crippen molar-refractivity contribution in [2.45, 2.75) is 31.8 Å². The van der Waals surface area contributed by atoms with E-state index < -0.39 is 0 Å². The van der Waals surface area contributed by atoms with Crippen LogP contribution in [0.2, 0.25) is 0 Å². The molecule has 1 aliphatic rings. The molecule has 0 aliphatic carbocycles. The number of ether oxygens (including phenoxy) is 1. The summed E-state index contributed by atoms with van der Waals surface area (Å²) in [7, 11) is 1.85. The van der Waals surface area contributed by atoms with Gasteiger partial charge in [-0.25, -0.2) is 9.97 Å². The molecule has 1 saturated heterocycles. The summed E-state index contributed by atoms with van der Waals surface area (Å²) in [4.78, 5) is 22.3. The summed E-state index contributed by atoms with van der Waals surface area (Å²) in [5, 5.41) is 0. The first-order chi connectivity index (χ1) is 12.1. The molecule has 25 heavy (non-hydrogen) atoms. The molecule has 132 valence electrons. The van der Waals surface area contributed by atoms with Gasteiger partial charge in [0.15, 0.2) is 0 Å². The highest BCUT2D eigenvalue weighted by Crippen LogP contribution is 2.20. The fourth-order valence-electron chi connectivity index (χ4n) is 3.04. The first-order valence-electron chi connectivity index (χ1n) is 8.68. The van der Waals surface area contributed by atoms with Gasteiger partial charge in [0.2, 0.25) is 5.95 Å². The van der Waals surface area contributed by atoms with Crippen molar-refractivity contribution in [3.8, 4) is 11.1 Å². The molecule has 1 amide bonds. The van der Waals surface area contributed by atoms with E-state index in [4.69, 9.17) is 10.5 Å². The van der Waals surface area contributed by atoms with Gasteiger partial charge in [-0.1, -0.05) is 12.1 Å². The molecule has 0 spiro atoms. The lowest BCUT2D eigenvalue weighted by atomic mass is 10.1. The van der Waals surface area contributed by atoms with Crippen molar-refractivity contribution >= 4 is 11.9 Å². The molecule has 2 N–H and O–H groups in total. The molecule has 0 unspecified atom stereocenters. The number of carbonyl (C=O) groups is 1. The van der Waals surface area contributed by atoms with E-state index in [1.54, 1.807) is 17.3 Å². The van der Waals surface area contributed by atoms with Crippen LogP contribution in [-0.4, -0.2) is 47.1 Å². The molecule has 2 aromatic rings. The molecule has 1 aromatic heterocycles. The second-order valence-electron chi connectivity index (χ2n) is 6.41. The minimum absolute atomic E-state index is 0.0347. The number of hydrogen-bond donors (Lipinski definition) is 1. The smallest absolute Gasteiger partial charge is 0.253 e. The summed E-state index contributed by atoms with van der Waals surface area (Å²) in [6, 6.07) is 7.49. The van der Waals surface area contributed by atoms with Gasteiger partial charge in [-0.2, -0.15) is 0 Å². The van der Waals surface area contributed by atoms with E-state index in [-0.39, 0.29) is 11.9 Å². The van der Waals surface area contributed by atoms with E-state index in [0.29, 0.717) is 11.7 Å². The third-order valence-corrected chi connectivity index (χ3v) is 4.53. The van der Waals surface area contributed by atoms with Crippen molar-refractivity contribution in [3.05, 3.63) is 42.2 Å². The molecule has 1 aliphatic heterocycles. The van der Waals surface area contributed by atoms with E-state index in [9.17, 15) is 4.79 Å². The first kappa shape index (κ1) is 17.4. The van der Waals surface area contributed by atoms with Crippen LogP contribution in [0.15, 0.2) is 36.7 Å². The van der Waals surface area contributed by atoms with Crippen molar-refractivity contribution in [2.24, 2.45) is 0 Å². The van der Waals surface area contributed by atoms with E-state index in [1.807, 2.05) is 31.3 Å². The van der Waals surface area contributed by atoms with Gasteiger partial charge in [0.1, 0.15) is 0 Å². The Balaban J connectivity index is 1.55. The number of aromatic nitrogens is 2. The first-order valence-corrected chi connectivity index (χ1v) is 8.68. The Bertz CT molecular complexity index is 694. The van der Waals surface area contributed by atoms with Crippen molar-refractivity contribution in [2.75, 3.05) is 25.9 Å². The van der Waals surface area contributed by atoms with Gasteiger partial charge in [0, 0.05) is 43.7 Å². The third kappa shape index (κ3) is 4.54. The second kappa shape index (κ2) is 8.07. The molecule has 1 fully saturated rings. The maximum atomic E-state index is 12.5. The molecule has 6 heteroatoms. The third-order valence-electron chi connectivity index (χ3n) is 4.53. The topological polar surface area (TPSA) is 81.3 Å². The Morgan fingerprint density at radius 3 is 2.60 bits per heavy atom. The number of hydrogen-bond acceptors (Lipinski definition) is 5. The number of rotatable bonds is 6. The average molecular weight is 340 g/mol. The van der Waals surface area contributed by atoms with Crippen molar-refractivity contribution in [1.29, 1.82) is 0 Å². The molecular weight excluding hydrogens is 316 g/mol. The van der Waals surface area contributed by atoms with Crippen LogP contribution in [0.3, 0.4) is 0 Å². The molecule has 0 saturated carbocycles. The van der Waals surface area contributed by atoms with E-state index in [1.165, 1.54) is 0 Å². The van der Waals surface area contributed by atoms with Crippen LogP contribution in [0.1, 0.15) is 36.0 Å². The fourth-order valence-corrected chi connectivity index (χ4v) is 3.04. The lowest BCUT2D eigenvalue weighted by molar-refractivity contribution is 0.0763. The van der Waals surface area contributed by atoms with Gasteiger partial charge in [0.05, 0.1) is 6.10 Å². The maximum Gasteiger partial charge on any atom is 0.253 e. The number of carbonyl (C=O) groups excluding carboxylic acids is 1.